The summed E-state index contributed by atoms with van der Waals surface area (Å²) in [5, 5.41) is 11.1. The van der Waals surface area contributed by atoms with Gasteiger partial charge in [0.2, 0.25) is 0 Å². The Morgan fingerprint density at radius 1 is 1.38 bits per heavy atom. The summed E-state index contributed by atoms with van der Waals surface area (Å²) in [6.45, 7) is 4.01. The fourth-order valence-electron chi connectivity index (χ4n) is 2.51. The van der Waals surface area contributed by atoms with Crippen LogP contribution in [0.4, 0.5) is 5.69 Å². The van der Waals surface area contributed by atoms with Crippen LogP contribution in [0.5, 0.6) is 0 Å². The average molecular weight is 357 g/mol. The first-order valence-electron chi connectivity index (χ1n) is 7.32. The summed E-state index contributed by atoms with van der Waals surface area (Å²) in [7, 11) is 0. The summed E-state index contributed by atoms with van der Waals surface area (Å²) >= 11 is 5.69. The molecule has 1 aliphatic rings. The summed E-state index contributed by atoms with van der Waals surface area (Å²) in [6.07, 6.45) is -0.212. The zero-order chi connectivity index (χ0) is 17.9. The third-order valence-corrected chi connectivity index (χ3v) is 3.71. The molecule has 2 rings (SSSR count). The fourth-order valence-corrected chi connectivity index (χ4v) is 2.67. The van der Waals surface area contributed by atoms with E-state index in [-0.39, 0.29) is 28.7 Å². The highest BCUT2D eigenvalue weighted by molar-refractivity contribution is 6.31. The molecule has 0 N–H and O–H groups in total. The minimum absolute atomic E-state index is 0.106. The van der Waals surface area contributed by atoms with Crippen LogP contribution in [0.2, 0.25) is 5.02 Å². The zero-order valence-corrected chi connectivity index (χ0v) is 14.0. The molecule has 1 fully saturated rings. The van der Waals surface area contributed by atoms with Crippen molar-refractivity contribution in [2.75, 3.05) is 19.7 Å². The summed E-state index contributed by atoms with van der Waals surface area (Å²) in [5.41, 5.74) is -0.713. The average Bonchev–Trinajstić information content (AvgIpc) is 2.51. The lowest BCUT2D eigenvalue weighted by molar-refractivity contribution is -0.385. The van der Waals surface area contributed by atoms with Gasteiger partial charge < -0.3 is 14.4 Å². The number of carbonyl (C=O) groups is 2. The minimum atomic E-state index is -0.943. The predicted octanol–water partition coefficient (Wildman–Crippen LogP) is 2.04. The van der Waals surface area contributed by atoms with Crippen molar-refractivity contribution in [1.82, 2.24) is 4.90 Å². The molecule has 0 radical (unpaired) electrons. The quantitative estimate of drug-likeness (QED) is 0.465. The van der Waals surface area contributed by atoms with Gasteiger partial charge in [-0.2, -0.15) is 0 Å². The highest BCUT2D eigenvalue weighted by Gasteiger charge is 2.27. The third kappa shape index (κ3) is 4.42. The number of hydrogen-bond donors (Lipinski definition) is 0. The molecule has 0 aliphatic carbocycles. The van der Waals surface area contributed by atoms with E-state index in [2.05, 4.69) is 0 Å². The molecule has 0 bridgehead atoms. The molecule has 0 aromatic heterocycles. The molecule has 0 unspecified atom stereocenters. The van der Waals surface area contributed by atoms with Crippen LogP contribution in [0.1, 0.15) is 24.2 Å². The van der Waals surface area contributed by atoms with Crippen LogP contribution in [-0.4, -0.2) is 53.6 Å². The molecule has 0 spiro atoms. The molecular weight excluding hydrogens is 340 g/mol. The van der Waals surface area contributed by atoms with Crippen LogP contribution in [-0.2, 0) is 14.3 Å². The number of morpholine rings is 1. The van der Waals surface area contributed by atoms with Gasteiger partial charge in [-0.1, -0.05) is 11.6 Å². The number of nitro groups is 1. The number of amides is 1. The number of carbonyl (C=O) groups excluding carboxylic acids is 2. The lowest BCUT2D eigenvalue weighted by Gasteiger charge is -2.35. The second-order valence-electron chi connectivity index (χ2n) is 5.55. The second-order valence-corrected chi connectivity index (χ2v) is 5.99. The minimum Gasteiger partial charge on any atom is -0.452 e. The highest BCUT2D eigenvalue weighted by atomic mass is 35.5. The van der Waals surface area contributed by atoms with Crippen LogP contribution >= 0.6 is 11.6 Å². The van der Waals surface area contributed by atoms with Crippen molar-refractivity contribution in [2.45, 2.75) is 26.1 Å². The number of hydrogen-bond acceptors (Lipinski definition) is 6. The molecule has 24 heavy (non-hydrogen) atoms. The normalized spacial score (nSPS) is 20.5. The maximum Gasteiger partial charge on any atom is 0.345 e. The Kier molecular flexibility index (Phi) is 5.74. The van der Waals surface area contributed by atoms with E-state index in [1.807, 2.05) is 13.8 Å². The first-order valence-corrected chi connectivity index (χ1v) is 7.70. The summed E-state index contributed by atoms with van der Waals surface area (Å²) < 4.78 is 10.5. The SMILES string of the molecule is C[C@@H]1CN(C(=O)COC(=O)c2ccc(Cl)cc2[N+](=O)[O-])C[C@H](C)O1. The summed E-state index contributed by atoms with van der Waals surface area (Å²) in [6, 6.07) is 3.61. The van der Waals surface area contributed by atoms with Gasteiger partial charge in [0.15, 0.2) is 6.61 Å². The van der Waals surface area contributed by atoms with Crippen LogP contribution in [0, 0.1) is 10.1 Å². The van der Waals surface area contributed by atoms with Gasteiger partial charge in [0.25, 0.3) is 11.6 Å². The summed E-state index contributed by atoms with van der Waals surface area (Å²) in [5.74, 6) is -1.32. The Hall–Kier alpha value is -2.19. The van der Waals surface area contributed by atoms with Gasteiger partial charge in [0.1, 0.15) is 5.56 Å². The van der Waals surface area contributed by atoms with Crippen molar-refractivity contribution in [2.24, 2.45) is 0 Å². The van der Waals surface area contributed by atoms with E-state index in [1.54, 1.807) is 4.90 Å². The van der Waals surface area contributed by atoms with E-state index in [0.717, 1.165) is 6.07 Å². The molecule has 1 heterocycles. The molecule has 1 aromatic carbocycles. The highest BCUT2D eigenvalue weighted by Crippen LogP contribution is 2.24. The van der Waals surface area contributed by atoms with Gasteiger partial charge in [-0.15, -0.1) is 0 Å². The Bertz CT molecular complexity index is 655. The molecule has 1 aliphatic heterocycles. The zero-order valence-electron chi connectivity index (χ0n) is 13.2. The van der Waals surface area contributed by atoms with E-state index in [0.29, 0.717) is 13.1 Å². The molecular formula is C15H17ClN2O6. The van der Waals surface area contributed by atoms with E-state index in [9.17, 15) is 19.7 Å². The lowest BCUT2D eigenvalue weighted by atomic mass is 10.2. The van der Waals surface area contributed by atoms with Crippen LogP contribution in [0.25, 0.3) is 0 Å². The van der Waals surface area contributed by atoms with Gasteiger partial charge in [-0.3, -0.25) is 14.9 Å². The number of nitro benzene ring substituents is 1. The first kappa shape index (κ1) is 18.2. The van der Waals surface area contributed by atoms with Gasteiger partial charge in [-0.05, 0) is 26.0 Å². The summed E-state index contributed by atoms with van der Waals surface area (Å²) in [4.78, 5) is 36.0. The van der Waals surface area contributed by atoms with E-state index >= 15 is 0 Å². The number of esters is 1. The standard InChI is InChI=1S/C15H17ClN2O6/c1-9-6-17(7-10(2)24-9)14(19)8-23-15(20)12-4-3-11(16)5-13(12)18(21)22/h3-5,9-10H,6-8H2,1-2H3/t9-,10+. The molecule has 1 saturated heterocycles. The number of nitrogens with zero attached hydrogens (tertiary/aromatic N) is 2. The molecule has 1 aromatic rings. The van der Waals surface area contributed by atoms with Gasteiger partial charge in [0.05, 0.1) is 17.1 Å². The van der Waals surface area contributed by atoms with Crippen molar-refractivity contribution in [3.63, 3.8) is 0 Å². The van der Waals surface area contributed by atoms with Gasteiger partial charge in [0, 0.05) is 24.2 Å². The Balaban J connectivity index is 2.00. The van der Waals surface area contributed by atoms with E-state index in [4.69, 9.17) is 21.1 Å². The van der Waals surface area contributed by atoms with Gasteiger partial charge >= 0.3 is 5.97 Å². The topological polar surface area (TPSA) is 99.0 Å². The van der Waals surface area contributed by atoms with Crippen LogP contribution < -0.4 is 0 Å². The Morgan fingerprint density at radius 3 is 2.58 bits per heavy atom. The first-order chi connectivity index (χ1) is 11.3. The number of halogens is 1. The van der Waals surface area contributed by atoms with Crippen molar-refractivity contribution in [3.05, 3.63) is 38.9 Å². The monoisotopic (exact) mass is 356 g/mol. The molecule has 9 heteroatoms. The van der Waals surface area contributed by atoms with E-state index in [1.165, 1.54) is 12.1 Å². The molecule has 2 atom stereocenters. The number of ether oxygens (including phenoxy) is 2. The fraction of sp³-hybridized carbons (Fsp3) is 0.467. The van der Waals surface area contributed by atoms with Crippen LogP contribution in [0.3, 0.4) is 0 Å². The smallest absolute Gasteiger partial charge is 0.345 e. The van der Waals surface area contributed by atoms with Crippen LogP contribution in [0.15, 0.2) is 18.2 Å². The number of rotatable bonds is 4. The maximum atomic E-state index is 12.1. The Labute approximate surface area is 143 Å². The number of benzene rings is 1. The largest absolute Gasteiger partial charge is 0.452 e. The predicted molar refractivity (Wildman–Crippen MR) is 85.0 cm³/mol. The molecule has 0 saturated carbocycles. The van der Waals surface area contributed by atoms with Crippen molar-refractivity contribution < 1.29 is 24.0 Å². The third-order valence-electron chi connectivity index (χ3n) is 3.48. The van der Waals surface area contributed by atoms with Crippen molar-refractivity contribution >= 4 is 29.2 Å². The lowest BCUT2D eigenvalue weighted by Crippen LogP contribution is -2.49. The second kappa shape index (κ2) is 7.59. The van der Waals surface area contributed by atoms with E-state index < -0.39 is 23.2 Å². The van der Waals surface area contributed by atoms with Gasteiger partial charge in [-0.25, -0.2) is 4.79 Å². The Morgan fingerprint density at radius 2 is 2.00 bits per heavy atom. The molecule has 8 nitrogen and oxygen atoms in total. The molecule has 1 amide bonds. The molecule has 130 valence electrons. The maximum absolute atomic E-state index is 12.1. The van der Waals surface area contributed by atoms with Crippen molar-refractivity contribution in [1.29, 1.82) is 0 Å². The van der Waals surface area contributed by atoms with Crippen molar-refractivity contribution in [3.8, 4) is 0 Å².